The Hall–Kier alpha value is -2.23. The first-order valence-electron chi connectivity index (χ1n) is 5.92. The number of aliphatic carboxylic acids is 1. The third-order valence-electron chi connectivity index (χ3n) is 2.51. The maximum Gasteiger partial charge on any atom is 0.331 e. The lowest BCUT2D eigenvalue weighted by molar-refractivity contribution is -0.132. The van der Waals surface area contributed by atoms with Gasteiger partial charge in [-0.05, 0) is 37.6 Å². The number of methoxy groups -OCH3 is 1. The number of carbonyl (C=O) groups is 1. The molecule has 0 heterocycles. The second-order valence-electron chi connectivity index (χ2n) is 3.91. The van der Waals surface area contributed by atoms with Gasteiger partial charge < -0.3 is 14.6 Å². The molecule has 4 nitrogen and oxygen atoms in total. The Kier molecular flexibility index (Phi) is 5.67. The summed E-state index contributed by atoms with van der Waals surface area (Å²) in [6.45, 7) is 3.66. The van der Waals surface area contributed by atoms with Crippen LogP contribution in [0.3, 0.4) is 0 Å². The lowest BCUT2D eigenvalue weighted by Gasteiger charge is -2.10. The first-order chi connectivity index (χ1) is 9.08. The number of ether oxygens (including phenoxy) is 2. The molecule has 1 aromatic carbocycles. The van der Waals surface area contributed by atoms with E-state index < -0.39 is 5.97 Å². The van der Waals surface area contributed by atoms with E-state index in [1.807, 2.05) is 31.2 Å². The smallest absolute Gasteiger partial charge is 0.331 e. The van der Waals surface area contributed by atoms with Crippen LogP contribution in [0.5, 0.6) is 11.5 Å². The van der Waals surface area contributed by atoms with Crippen LogP contribution in [0.2, 0.25) is 0 Å². The first kappa shape index (κ1) is 14.8. The van der Waals surface area contributed by atoms with Gasteiger partial charge in [0.15, 0.2) is 11.5 Å². The molecule has 0 saturated carbocycles. The molecule has 0 spiro atoms. The lowest BCUT2D eigenvalue weighted by Crippen LogP contribution is -2.01. The van der Waals surface area contributed by atoms with E-state index in [4.69, 9.17) is 14.6 Å². The Balaban J connectivity index is 2.78. The Morgan fingerprint density at radius 1 is 1.37 bits per heavy atom. The van der Waals surface area contributed by atoms with E-state index in [1.165, 1.54) is 13.0 Å². The fourth-order valence-corrected chi connectivity index (χ4v) is 1.44. The molecule has 0 aromatic heterocycles. The fourth-order valence-electron chi connectivity index (χ4n) is 1.44. The third-order valence-corrected chi connectivity index (χ3v) is 2.51. The number of hydrogen-bond donors (Lipinski definition) is 1. The zero-order valence-electron chi connectivity index (χ0n) is 11.3. The minimum Gasteiger partial charge on any atom is -0.493 e. The topological polar surface area (TPSA) is 55.8 Å². The molecule has 0 amide bonds. The van der Waals surface area contributed by atoms with Gasteiger partial charge in [-0.3, -0.25) is 0 Å². The molecule has 0 aliphatic carbocycles. The second kappa shape index (κ2) is 7.26. The zero-order valence-corrected chi connectivity index (χ0v) is 11.3. The highest BCUT2D eigenvalue weighted by Crippen LogP contribution is 2.28. The molecule has 0 unspecified atom stereocenters. The number of allylic oxidation sites excluding steroid dienone is 1. The van der Waals surface area contributed by atoms with Crippen molar-refractivity contribution in [2.75, 3.05) is 13.7 Å². The summed E-state index contributed by atoms with van der Waals surface area (Å²) < 4.78 is 10.7. The molecular weight excluding hydrogens is 244 g/mol. The van der Waals surface area contributed by atoms with E-state index in [0.717, 1.165) is 5.56 Å². The average molecular weight is 262 g/mol. The van der Waals surface area contributed by atoms with Crippen LogP contribution in [0.25, 0.3) is 6.08 Å². The average Bonchev–Trinajstić information content (AvgIpc) is 2.40. The summed E-state index contributed by atoms with van der Waals surface area (Å²) in [5.41, 5.74) is 1.27. The van der Waals surface area contributed by atoms with E-state index in [1.54, 1.807) is 13.2 Å². The number of rotatable bonds is 6. The Morgan fingerprint density at radius 2 is 2.11 bits per heavy atom. The van der Waals surface area contributed by atoms with Gasteiger partial charge in [0.2, 0.25) is 0 Å². The standard InChI is InChI=1S/C15H18O4/c1-4-5-12-6-7-13(14(10-12)18-3)19-9-8-11(2)15(16)17/h4-8,10H,9H2,1-3H3,(H,16,17). The molecular formula is C15H18O4. The van der Waals surface area contributed by atoms with Crippen LogP contribution in [0, 0.1) is 0 Å². The van der Waals surface area contributed by atoms with Crippen molar-refractivity contribution < 1.29 is 19.4 Å². The number of carboxylic acid groups (broad SMARTS) is 1. The molecule has 1 aromatic rings. The maximum absolute atomic E-state index is 10.6. The van der Waals surface area contributed by atoms with Gasteiger partial charge in [0, 0.05) is 5.57 Å². The number of carboxylic acids is 1. The SMILES string of the molecule is CC=Cc1ccc(OCC=C(C)C(=O)O)c(OC)c1. The van der Waals surface area contributed by atoms with E-state index in [9.17, 15) is 4.79 Å². The summed E-state index contributed by atoms with van der Waals surface area (Å²) in [6, 6.07) is 5.58. The summed E-state index contributed by atoms with van der Waals surface area (Å²) in [5, 5.41) is 8.72. The summed E-state index contributed by atoms with van der Waals surface area (Å²) >= 11 is 0. The van der Waals surface area contributed by atoms with Crippen molar-refractivity contribution in [3.63, 3.8) is 0 Å². The van der Waals surface area contributed by atoms with Crippen LogP contribution in [0.4, 0.5) is 0 Å². The quantitative estimate of drug-likeness (QED) is 0.800. The predicted molar refractivity (Wildman–Crippen MR) is 74.6 cm³/mol. The number of benzene rings is 1. The van der Waals surface area contributed by atoms with Crippen molar-refractivity contribution in [2.45, 2.75) is 13.8 Å². The van der Waals surface area contributed by atoms with Crippen molar-refractivity contribution in [3.05, 3.63) is 41.5 Å². The Labute approximate surface area is 113 Å². The third kappa shape index (κ3) is 4.50. The van der Waals surface area contributed by atoms with E-state index in [0.29, 0.717) is 11.5 Å². The van der Waals surface area contributed by atoms with E-state index >= 15 is 0 Å². The second-order valence-corrected chi connectivity index (χ2v) is 3.91. The van der Waals surface area contributed by atoms with Crippen molar-refractivity contribution in [1.82, 2.24) is 0 Å². The highest BCUT2D eigenvalue weighted by atomic mass is 16.5. The van der Waals surface area contributed by atoms with Gasteiger partial charge in [0.05, 0.1) is 7.11 Å². The highest BCUT2D eigenvalue weighted by Gasteiger charge is 2.05. The van der Waals surface area contributed by atoms with Crippen molar-refractivity contribution in [2.24, 2.45) is 0 Å². The Morgan fingerprint density at radius 3 is 2.68 bits per heavy atom. The molecule has 0 aliphatic rings. The fraction of sp³-hybridized carbons (Fsp3) is 0.267. The molecule has 0 atom stereocenters. The minimum atomic E-state index is -0.945. The van der Waals surface area contributed by atoms with Gasteiger partial charge >= 0.3 is 5.97 Å². The van der Waals surface area contributed by atoms with Gasteiger partial charge in [0.25, 0.3) is 0 Å². The van der Waals surface area contributed by atoms with Gasteiger partial charge in [-0.2, -0.15) is 0 Å². The molecule has 0 aliphatic heterocycles. The monoisotopic (exact) mass is 262 g/mol. The largest absolute Gasteiger partial charge is 0.493 e. The van der Waals surface area contributed by atoms with Crippen LogP contribution < -0.4 is 9.47 Å². The van der Waals surface area contributed by atoms with Crippen LogP contribution >= 0.6 is 0 Å². The first-order valence-corrected chi connectivity index (χ1v) is 5.92. The molecule has 0 fully saturated rings. The summed E-state index contributed by atoms with van der Waals surface area (Å²) in [5.74, 6) is 0.265. The summed E-state index contributed by atoms with van der Waals surface area (Å²) in [6.07, 6.45) is 5.41. The Bertz CT molecular complexity index is 501. The molecule has 102 valence electrons. The highest BCUT2D eigenvalue weighted by molar-refractivity contribution is 5.85. The molecule has 1 N–H and O–H groups in total. The number of hydrogen-bond acceptors (Lipinski definition) is 3. The van der Waals surface area contributed by atoms with Gasteiger partial charge in [-0.15, -0.1) is 0 Å². The van der Waals surface area contributed by atoms with E-state index in [-0.39, 0.29) is 12.2 Å². The van der Waals surface area contributed by atoms with Crippen LogP contribution in [0.1, 0.15) is 19.4 Å². The molecule has 4 heteroatoms. The molecule has 0 radical (unpaired) electrons. The minimum absolute atomic E-state index is 0.192. The molecule has 1 rings (SSSR count). The molecule has 0 bridgehead atoms. The van der Waals surface area contributed by atoms with Gasteiger partial charge in [-0.1, -0.05) is 18.2 Å². The van der Waals surface area contributed by atoms with Gasteiger partial charge in [0.1, 0.15) is 6.61 Å². The predicted octanol–water partition coefficient (Wildman–Crippen LogP) is 3.14. The zero-order chi connectivity index (χ0) is 14.3. The molecule has 19 heavy (non-hydrogen) atoms. The van der Waals surface area contributed by atoms with Crippen LogP contribution in [-0.4, -0.2) is 24.8 Å². The summed E-state index contributed by atoms with van der Waals surface area (Å²) in [7, 11) is 1.57. The maximum atomic E-state index is 10.6. The van der Waals surface area contributed by atoms with Crippen LogP contribution in [0.15, 0.2) is 35.9 Å². The molecule has 0 saturated heterocycles. The normalized spacial score (nSPS) is 11.6. The van der Waals surface area contributed by atoms with Gasteiger partial charge in [-0.25, -0.2) is 4.79 Å². The van der Waals surface area contributed by atoms with E-state index in [2.05, 4.69) is 0 Å². The van der Waals surface area contributed by atoms with Crippen molar-refractivity contribution >= 4 is 12.0 Å². The van der Waals surface area contributed by atoms with Crippen LogP contribution in [-0.2, 0) is 4.79 Å². The van der Waals surface area contributed by atoms with Crippen molar-refractivity contribution in [1.29, 1.82) is 0 Å². The lowest BCUT2D eigenvalue weighted by atomic mass is 10.2. The summed E-state index contributed by atoms with van der Waals surface area (Å²) in [4.78, 5) is 10.6. The van der Waals surface area contributed by atoms with Crippen molar-refractivity contribution in [3.8, 4) is 11.5 Å².